The number of aromatic nitrogens is 2. The van der Waals surface area contributed by atoms with Crippen LogP contribution in [0.15, 0.2) is 78.9 Å². The van der Waals surface area contributed by atoms with Crippen LogP contribution in [0, 0.1) is 5.82 Å². The average Bonchev–Trinajstić information content (AvgIpc) is 1.17. The van der Waals surface area contributed by atoms with E-state index in [2.05, 4.69) is 26.3 Å². The molecule has 464 valence electrons. The molecule has 5 aromatic carbocycles. The van der Waals surface area contributed by atoms with Crippen LogP contribution in [0.2, 0.25) is 10.0 Å². The van der Waals surface area contributed by atoms with Gasteiger partial charge in [-0.05, 0) is 109 Å². The molecule has 0 radical (unpaired) electrons. The van der Waals surface area contributed by atoms with E-state index in [1.165, 1.54) is 11.0 Å². The lowest BCUT2D eigenvalue weighted by Gasteiger charge is -2.36. The number of nitrogens with zero attached hydrogens (tertiary/aromatic N) is 5. The van der Waals surface area contributed by atoms with Gasteiger partial charge in [0, 0.05) is 79.5 Å². The molecule has 6 amide bonds. The van der Waals surface area contributed by atoms with E-state index in [9.17, 15) is 29.1 Å². The van der Waals surface area contributed by atoms with Crippen molar-refractivity contribution in [2.45, 2.75) is 64.8 Å². The minimum atomic E-state index is -0.700. The molecule has 0 spiro atoms. The fourth-order valence-electron chi connectivity index (χ4n) is 10.3. The van der Waals surface area contributed by atoms with Gasteiger partial charge in [0.15, 0.2) is 5.82 Å². The number of amides is 6. The van der Waals surface area contributed by atoms with Gasteiger partial charge in [0.05, 0.1) is 84.3 Å². The lowest BCUT2D eigenvalue weighted by Crippen LogP contribution is -2.52. The van der Waals surface area contributed by atoms with Gasteiger partial charge < -0.3 is 68.9 Å². The van der Waals surface area contributed by atoms with E-state index >= 15 is 4.39 Å². The van der Waals surface area contributed by atoms with Gasteiger partial charge in [-0.15, -0.1) is 0 Å². The number of piperazine rings is 1. The summed E-state index contributed by atoms with van der Waals surface area (Å²) in [6, 6.07) is 21.6. The van der Waals surface area contributed by atoms with Crippen molar-refractivity contribution >= 4 is 92.2 Å². The van der Waals surface area contributed by atoms with Crippen molar-refractivity contribution in [1.29, 1.82) is 0 Å². The Morgan fingerprint density at radius 2 is 1.41 bits per heavy atom. The number of phenolic OH excluding ortho intramolecular Hbond substituents is 1. The van der Waals surface area contributed by atoms with E-state index in [0.29, 0.717) is 150 Å². The van der Waals surface area contributed by atoms with E-state index in [4.69, 9.17) is 61.3 Å². The lowest BCUT2D eigenvalue weighted by atomic mass is 9.96. The van der Waals surface area contributed by atoms with Crippen molar-refractivity contribution in [1.82, 2.24) is 30.4 Å². The van der Waals surface area contributed by atoms with Gasteiger partial charge in [0.1, 0.15) is 28.7 Å². The molecule has 1 unspecified atom stereocenters. The summed E-state index contributed by atoms with van der Waals surface area (Å²) in [7, 11) is 0. The Hall–Kier alpha value is -7.48. The van der Waals surface area contributed by atoms with Crippen LogP contribution in [0.3, 0.4) is 0 Å². The summed E-state index contributed by atoms with van der Waals surface area (Å²) in [5.41, 5.74) is 3.35. The Bertz CT molecular complexity index is 3440. The van der Waals surface area contributed by atoms with Crippen LogP contribution < -0.4 is 26.2 Å². The predicted molar refractivity (Wildman–Crippen MR) is 326 cm³/mol. The summed E-state index contributed by atoms with van der Waals surface area (Å²) in [5.74, 6) is -1.13. The maximum atomic E-state index is 17.0. The summed E-state index contributed by atoms with van der Waals surface area (Å²) in [6.07, 6.45) is 0.609. The Balaban J connectivity index is 0.608. The first-order valence-corrected chi connectivity index (χ1v) is 29.7. The average molecular weight is 1240 g/mol. The number of piperidine rings is 1. The van der Waals surface area contributed by atoms with Crippen molar-refractivity contribution in [2.75, 3.05) is 128 Å². The number of carbonyl (C=O) groups excluding carboxylic acids is 5. The van der Waals surface area contributed by atoms with Crippen LogP contribution in [-0.2, 0) is 62.3 Å². The molecule has 1 aromatic heterocycles. The van der Waals surface area contributed by atoms with Gasteiger partial charge in [-0.25, -0.2) is 19.0 Å². The Morgan fingerprint density at radius 3 is 2.09 bits per heavy atom. The number of halogens is 3. The Labute approximate surface area is 513 Å². The van der Waals surface area contributed by atoms with E-state index in [-0.39, 0.29) is 72.2 Å². The maximum Gasteiger partial charge on any atom is 0.410 e. The second-order valence-corrected chi connectivity index (χ2v) is 22.7. The summed E-state index contributed by atoms with van der Waals surface area (Å²) in [5, 5.41) is 24.2. The topological polar surface area (TPSA) is 254 Å². The molecule has 2 saturated heterocycles. The number of fused-ring (bicyclic) bond motifs is 3. The van der Waals surface area contributed by atoms with Crippen LogP contribution in [0.4, 0.5) is 31.4 Å². The Morgan fingerprint density at radius 1 is 0.747 bits per heavy atom. The smallest absolute Gasteiger partial charge is 0.410 e. The molecule has 0 saturated carbocycles. The predicted octanol–water partition coefficient (Wildman–Crippen LogP) is 8.50. The molecule has 3 aliphatic rings. The van der Waals surface area contributed by atoms with Crippen molar-refractivity contribution < 1.29 is 66.6 Å². The quantitative estimate of drug-likeness (QED) is 0.0228. The summed E-state index contributed by atoms with van der Waals surface area (Å²) < 4.78 is 56.7. The molecule has 22 nitrogen and oxygen atoms in total. The van der Waals surface area contributed by atoms with Crippen molar-refractivity contribution in [3.05, 3.63) is 117 Å². The standard InChI is InChI=1S/C62H72Cl2FN9O13/c1-62(2,3)87-61(80)73-16-14-72(15-17-73)56-49-36-50(64)53(48-35-45(75)33-41-6-4-5-7-46(41)48)54(65)55(49)70-59(71-56)66-13-19-82-21-23-84-25-27-86-29-28-85-26-24-83-22-20-81-18-12-39-31-43(63)34-44(32-39)68-60(79)67-37-40-8-9-47-42(30-40)38-74(58(47)78)51-10-11-52(76)69-57(51)77/h4-9,30-36,51,75H,10-29,37-38H2,1-3H3,(H,66,70,71)(H2,67,68,79)(H,69,76,77). The van der Waals surface area contributed by atoms with Gasteiger partial charge in [0.25, 0.3) is 5.91 Å². The van der Waals surface area contributed by atoms with Crippen LogP contribution in [0.5, 0.6) is 5.75 Å². The second kappa shape index (κ2) is 30.4. The number of hydrogen-bond acceptors (Lipinski definition) is 17. The molecule has 87 heavy (non-hydrogen) atoms. The molecule has 4 heterocycles. The van der Waals surface area contributed by atoms with Crippen molar-refractivity contribution in [3.8, 4) is 16.9 Å². The van der Waals surface area contributed by atoms with Crippen LogP contribution in [0.1, 0.15) is 60.7 Å². The zero-order chi connectivity index (χ0) is 61.5. The molecule has 3 aliphatic heterocycles. The number of carbonyl (C=O) groups is 5. The number of benzene rings is 5. The molecule has 5 N–H and O–H groups in total. The third kappa shape index (κ3) is 17.6. The third-order valence-electron chi connectivity index (χ3n) is 14.4. The summed E-state index contributed by atoms with van der Waals surface area (Å²) in [4.78, 5) is 77.3. The minimum absolute atomic E-state index is 0.0320. The lowest BCUT2D eigenvalue weighted by molar-refractivity contribution is -0.136. The van der Waals surface area contributed by atoms with E-state index in [0.717, 1.165) is 22.1 Å². The van der Waals surface area contributed by atoms with E-state index in [1.54, 1.807) is 35.2 Å². The molecule has 6 aromatic rings. The molecule has 9 rings (SSSR count). The van der Waals surface area contributed by atoms with Crippen molar-refractivity contribution in [3.63, 3.8) is 0 Å². The molecular weight excluding hydrogens is 1170 g/mol. The van der Waals surface area contributed by atoms with E-state index < -0.39 is 35.5 Å². The van der Waals surface area contributed by atoms with Gasteiger partial charge in [0.2, 0.25) is 17.8 Å². The second-order valence-electron chi connectivity index (χ2n) is 21.9. The number of aromatic hydroxyl groups is 1. The summed E-state index contributed by atoms with van der Waals surface area (Å²) >= 11 is 13.3. The fourth-order valence-corrected chi connectivity index (χ4v) is 10.8. The highest BCUT2D eigenvalue weighted by molar-refractivity contribution is 6.35. The highest BCUT2D eigenvalue weighted by Crippen LogP contribution is 2.42. The highest BCUT2D eigenvalue weighted by atomic mass is 35.5. The first-order valence-electron chi connectivity index (χ1n) is 28.9. The van der Waals surface area contributed by atoms with Gasteiger partial charge in [-0.2, -0.15) is 4.98 Å². The highest BCUT2D eigenvalue weighted by Gasteiger charge is 2.39. The number of ether oxygens (including phenoxy) is 7. The first-order chi connectivity index (χ1) is 42.0. The third-order valence-corrected chi connectivity index (χ3v) is 14.9. The SMILES string of the molecule is CC(C)(C)OC(=O)N1CCN(c2nc(NCCOCCOCCOCCOCCOCCOCCc3cc(Cl)cc(NC(=O)NCc4ccc5c(c4)CN(C4CCC(=O)NC4=O)C5=O)c3)nc3c(F)c(-c4cc(O)cc5ccccc45)c(Cl)cc23)CC1. The van der Waals surface area contributed by atoms with Gasteiger partial charge >= 0.3 is 12.1 Å². The number of anilines is 3. The fraction of sp³-hybridized carbons (Fsp3) is 0.435. The maximum absolute atomic E-state index is 17.0. The number of nitrogens with one attached hydrogen (secondary N) is 4. The molecule has 0 aliphatic carbocycles. The minimum Gasteiger partial charge on any atom is -0.508 e. The number of phenols is 1. The monoisotopic (exact) mass is 1240 g/mol. The number of imide groups is 1. The normalized spacial score (nSPS) is 15.3. The number of hydrogen-bond donors (Lipinski definition) is 5. The Kier molecular flexibility index (Phi) is 22.4. The molecular formula is C62H72Cl2FN9O13. The first kappa shape index (κ1) is 64.0. The zero-order valence-electron chi connectivity index (χ0n) is 48.9. The molecule has 0 bridgehead atoms. The largest absolute Gasteiger partial charge is 0.508 e. The summed E-state index contributed by atoms with van der Waals surface area (Å²) in [6.45, 7) is 12.2. The van der Waals surface area contributed by atoms with Crippen LogP contribution in [0.25, 0.3) is 32.8 Å². The number of rotatable bonds is 28. The zero-order valence-corrected chi connectivity index (χ0v) is 50.4. The van der Waals surface area contributed by atoms with Crippen LogP contribution in [-0.4, -0.2) is 178 Å². The number of urea groups is 1. The van der Waals surface area contributed by atoms with Gasteiger partial charge in [-0.1, -0.05) is 59.6 Å². The molecule has 1 atom stereocenters. The van der Waals surface area contributed by atoms with E-state index in [1.807, 2.05) is 68.1 Å². The van der Waals surface area contributed by atoms with Gasteiger partial charge in [-0.3, -0.25) is 19.7 Å². The molecule has 25 heteroatoms. The molecule has 2 fully saturated rings. The van der Waals surface area contributed by atoms with Crippen LogP contribution >= 0.6 is 23.2 Å². The van der Waals surface area contributed by atoms with Crippen molar-refractivity contribution in [2.24, 2.45) is 0 Å².